The number of rotatable bonds is 5. The molecular weight excluding hydrogens is 320 g/mol. The zero-order valence-corrected chi connectivity index (χ0v) is 15.9. The molecule has 0 unspecified atom stereocenters. The molecule has 0 aliphatic carbocycles. The highest BCUT2D eigenvalue weighted by Gasteiger charge is 2.13. The highest BCUT2D eigenvalue weighted by atomic mass is 15.2. The van der Waals surface area contributed by atoms with Gasteiger partial charge in [0.1, 0.15) is 5.82 Å². The van der Waals surface area contributed by atoms with Gasteiger partial charge in [-0.05, 0) is 33.3 Å². The van der Waals surface area contributed by atoms with E-state index in [2.05, 4.69) is 79.7 Å². The number of benzene rings is 2. The van der Waals surface area contributed by atoms with E-state index in [9.17, 15) is 0 Å². The van der Waals surface area contributed by atoms with Crippen molar-refractivity contribution in [3.63, 3.8) is 0 Å². The van der Waals surface area contributed by atoms with Crippen molar-refractivity contribution < 1.29 is 0 Å². The van der Waals surface area contributed by atoms with Gasteiger partial charge in [-0.3, -0.25) is 0 Å². The molecule has 0 saturated carbocycles. The molecule has 0 aliphatic heterocycles. The third-order valence-corrected chi connectivity index (χ3v) is 3.83. The molecule has 26 heavy (non-hydrogen) atoms. The van der Waals surface area contributed by atoms with Crippen molar-refractivity contribution in [1.29, 1.82) is 0 Å². The van der Waals surface area contributed by atoms with E-state index in [-0.39, 0.29) is 5.54 Å². The van der Waals surface area contributed by atoms with Crippen LogP contribution in [0.5, 0.6) is 0 Å². The second kappa shape index (κ2) is 7.56. The third kappa shape index (κ3) is 5.06. The van der Waals surface area contributed by atoms with Crippen molar-refractivity contribution in [2.75, 3.05) is 10.6 Å². The average Bonchev–Trinajstić information content (AvgIpc) is 2.59. The molecule has 0 spiro atoms. The summed E-state index contributed by atoms with van der Waals surface area (Å²) in [6.07, 6.45) is 0. The first kappa shape index (κ1) is 17.9. The minimum Gasteiger partial charge on any atom is -0.365 e. The first-order valence-corrected chi connectivity index (χ1v) is 8.91. The molecule has 0 saturated heterocycles. The lowest BCUT2D eigenvalue weighted by Gasteiger charge is -2.22. The van der Waals surface area contributed by atoms with E-state index in [1.165, 1.54) is 11.1 Å². The Balaban J connectivity index is 1.89. The van der Waals surface area contributed by atoms with Gasteiger partial charge in [0.2, 0.25) is 5.95 Å². The molecule has 3 aromatic rings. The van der Waals surface area contributed by atoms with E-state index >= 15 is 0 Å². The van der Waals surface area contributed by atoms with Crippen LogP contribution < -0.4 is 10.6 Å². The largest absolute Gasteiger partial charge is 0.365 e. The van der Waals surface area contributed by atoms with E-state index in [0.29, 0.717) is 12.5 Å². The molecule has 4 heteroatoms. The quantitative estimate of drug-likeness (QED) is 0.660. The summed E-state index contributed by atoms with van der Waals surface area (Å²) in [4.78, 5) is 9.36. The molecule has 0 amide bonds. The molecule has 0 bridgehead atoms. The second-order valence-corrected chi connectivity index (χ2v) is 7.55. The Morgan fingerprint density at radius 2 is 1.65 bits per heavy atom. The first-order valence-electron chi connectivity index (χ1n) is 8.91. The summed E-state index contributed by atoms with van der Waals surface area (Å²) >= 11 is 0. The van der Waals surface area contributed by atoms with Crippen LogP contribution in [0.3, 0.4) is 0 Å². The molecule has 2 aromatic carbocycles. The fourth-order valence-electron chi connectivity index (χ4n) is 2.73. The number of aromatic nitrogens is 2. The van der Waals surface area contributed by atoms with E-state index in [1.807, 2.05) is 24.3 Å². The lowest BCUT2D eigenvalue weighted by atomic mass is 10.1. The van der Waals surface area contributed by atoms with Gasteiger partial charge in [-0.15, -0.1) is 0 Å². The topological polar surface area (TPSA) is 49.8 Å². The van der Waals surface area contributed by atoms with E-state index in [0.717, 1.165) is 17.1 Å². The van der Waals surface area contributed by atoms with Gasteiger partial charge < -0.3 is 10.6 Å². The average molecular weight is 346 g/mol. The molecule has 0 fully saturated rings. The number of aryl methyl sites for hydroxylation is 1. The number of nitrogens with zero attached hydrogens (tertiary/aromatic N) is 2. The Labute approximate surface area is 155 Å². The summed E-state index contributed by atoms with van der Waals surface area (Å²) in [7, 11) is 0. The first-order chi connectivity index (χ1) is 12.4. The number of anilines is 2. The zero-order valence-electron chi connectivity index (χ0n) is 15.9. The maximum absolute atomic E-state index is 4.71. The fraction of sp³-hybridized carbons (Fsp3) is 0.273. The SMILES string of the molecule is Cc1cccc(CNc2nc(NC(C)(C)C)cc(-c3ccccc3)n2)c1. The lowest BCUT2D eigenvalue weighted by Crippen LogP contribution is -2.27. The number of hydrogen-bond acceptors (Lipinski definition) is 4. The fourth-order valence-corrected chi connectivity index (χ4v) is 2.73. The molecule has 3 rings (SSSR count). The van der Waals surface area contributed by atoms with Crippen LogP contribution in [0.25, 0.3) is 11.3 Å². The summed E-state index contributed by atoms with van der Waals surface area (Å²) in [5.74, 6) is 1.44. The zero-order chi connectivity index (χ0) is 18.6. The van der Waals surface area contributed by atoms with Crippen LogP contribution >= 0.6 is 0 Å². The normalized spacial score (nSPS) is 11.2. The molecule has 1 heterocycles. The van der Waals surface area contributed by atoms with Crippen LogP contribution in [0.2, 0.25) is 0 Å². The van der Waals surface area contributed by atoms with Crippen LogP contribution in [-0.4, -0.2) is 15.5 Å². The van der Waals surface area contributed by atoms with Crippen molar-refractivity contribution >= 4 is 11.8 Å². The summed E-state index contributed by atoms with van der Waals surface area (Å²) < 4.78 is 0. The molecular formula is C22H26N4. The van der Waals surface area contributed by atoms with Gasteiger partial charge in [-0.1, -0.05) is 60.2 Å². The van der Waals surface area contributed by atoms with Gasteiger partial charge >= 0.3 is 0 Å². The molecule has 0 aliphatic rings. The minimum atomic E-state index is -0.0733. The highest BCUT2D eigenvalue weighted by Crippen LogP contribution is 2.23. The lowest BCUT2D eigenvalue weighted by molar-refractivity contribution is 0.630. The van der Waals surface area contributed by atoms with Crippen LogP contribution in [0.1, 0.15) is 31.9 Å². The Bertz CT molecular complexity index is 867. The molecule has 4 nitrogen and oxygen atoms in total. The van der Waals surface area contributed by atoms with Crippen molar-refractivity contribution in [2.45, 2.75) is 39.8 Å². The Morgan fingerprint density at radius 3 is 2.35 bits per heavy atom. The number of hydrogen-bond donors (Lipinski definition) is 2. The standard InChI is InChI=1S/C22H26N4/c1-16-9-8-10-17(13-16)15-23-21-24-19(18-11-6-5-7-12-18)14-20(25-21)26-22(2,3)4/h5-14H,15H2,1-4H3,(H2,23,24,25,26). The van der Waals surface area contributed by atoms with Crippen molar-refractivity contribution in [2.24, 2.45) is 0 Å². The van der Waals surface area contributed by atoms with Gasteiger partial charge in [0.05, 0.1) is 5.69 Å². The Morgan fingerprint density at radius 1 is 0.885 bits per heavy atom. The van der Waals surface area contributed by atoms with Crippen LogP contribution in [0.15, 0.2) is 60.7 Å². The maximum Gasteiger partial charge on any atom is 0.225 e. The van der Waals surface area contributed by atoms with Crippen LogP contribution in [-0.2, 0) is 6.54 Å². The van der Waals surface area contributed by atoms with Crippen molar-refractivity contribution in [1.82, 2.24) is 9.97 Å². The number of nitrogens with one attached hydrogen (secondary N) is 2. The van der Waals surface area contributed by atoms with E-state index in [4.69, 9.17) is 4.98 Å². The molecule has 134 valence electrons. The second-order valence-electron chi connectivity index (χ2n) is 7.55. The molecule has 0 atom stereocenters. The van der Waals surface area contributed by atoms with Gasteiger partial charge in [-0.25, -0.2) is 4.98 Å². The molecule has 1 aromatic heterocycles. The predicted octanol–water partition coefficient (Wildman–Crippen LogP) is 5.27. The van der Waals surface area contributed by atoms with Crippen molar-refractivity contribution in [3.8, 4) is 11.3 Å². The summed E-state index contributed by atoms with van der Waals surface area (Å²) in [6, 6.07) is 20.6. The third-order valence-electron chi connectivity index (χ3n) is 3.83. The van der Waals surface area contributed by atoms with E-state index in [1.54, 1.807) is 0 Å². The van der Waals surface area contributed by atoms with Crippen molar-refractivity contribution in [3.05, 3.63) is 71.8 Å². The molecule has 0 radical (unpaired) electrons. The minimum absolute atomic E-state index is 0.0733. The summed E-state index contributed by atoms with van der Waals surface area (Å²) in [5.41, 5.74) is 4.36. The summed E-state index contributed by atoms with van der Waals surface area (Å²) in [5, 5.41) is 6.81. The summed E-state index contributed by atoms with van der Waals surface area (Å²) in [6.45, 7) is 9.15. The smallest absolute Gasteiger partial charge is 0.225 e. The van der Waals surface area contributed by atoms with Crippen LogP contribution in [0.4, 0.5) is 11.8 Å². The predicted molar refractivity (Wildman–Crippen MR) is 109 cm³/mol. The van der Waals surface area contributed by atoms with Crippen LogP contribution in [0, 0.1) is 6.92 Å². The monoisotopic (exact) mass is 346 g/mol. The van der Waals surface area contributed by atoms with Gasteiger partial charge in [-0.2, -0.15) is 4.98 Å². The Kier molecular flexibility index (Phi) is 5.21. The van der Waals surface area contributed by atoms with Gasteiger partial charge in [0, 0.05) is 23.7 Å². The highest BCUT2D eigenvalue weighted by molar-refractivity contribution is 5.64. The van der Waals surface area contributed by atoms with E-state index < -0.39 is 0 Å². The van der Waals surface area contributed by atoms with Gasteiger partial charge in [0.15, 0.2) is 0 Å². The maximum atomic E-state index is 4.71. The van der Waals surface area contributed by atoms with Gasteiger partial charge in [0.25, 0.3) is 0 Å². The molecule has 2 N–H and O–H groups in total. The Hall–Kier alpha value is -2.88.